The average molecular weight is 261 g/mol. The first-order valence-electron chi connectivity index (χ1n) is 5.39. The highest BCUT2D eigenvalue weighted by atomic mass is 35.5. The number of hydrogen-bond donors (Lipinski definition) is 0. The molecule has 0 radical (unpaired) electrons. The average Bonchev–Trinajstić information content (AvgIpc) is 2.87. The van der Waals surface area contributed by atoms with E-state index in [4.69, 9.17) is 20.8 Å². The lowest BCUT2D eigenvalue weighted by Crippen LogP contribution is -1.88. The monoisotopic (exact) mass is 260 g/mol. The maximum absolute atomic E-state index is 5.65. The van der Waals surface area contributed by atoms with Crippen LogP contribution in [0.5, 0.6) is 11.8 Å². The summed E-state index contributed by atoms with van der Waals surface area (Å²) >= 11 is 5.65. The molecule has 0 aliphatic rings. The summed E-state index contributed by atoms with van der Waals surface area (Å²) in [5, 5.41) is 0.999. The van der Waals surface area contributed by atoms with Crippen LogP contribution in [0.25, 0.3) is 10.9 Å². The Bertz CT molecular complexity index is 676. The molecular formula is C13H9ClN2O2. The third-order valence-electron chi connectivity index (χ3n) is 2.46. The van der Waals surface area contributed by atoms with Crippen molar-refractivity contribution < 1.29 is 9.15 Å². The number of benzene rings is 1. The van der Waals surface area contributed by atoms with E-state index in [1.807, 2.05) is 30.3 Å². The minimum atomic E-state index is 0.170. The van der Waals surface area contributed by atoms with Crippen LogP contribution in [0.15, 0.2) is 47.2 Å². The van der Waals surface area contributed by atoms with Crippen LogP contribution < -0.4 is 4.74 Å². The highest BCUT2D eigenvalue weighted by molar-refractivity contribution is 6.16. The van der Waals surface area contributed by atoms with Gasteiger partial charge in [0.15, 0.2) is 5.75 Å². The third-order valence-corrected chi connectivity index (χ3v) is 2.73. The van der Waals surface area contributed by atoms with Crippen LogP contribution in [0.1, 0.15) is 5.69 Å². The van der Waals surface area contributed by atoms with E-state index >= 15 is 0 Å². The van der Waals surface area contributed by atoms with Gasteiger partial charge in [-0.2, -0.15) is 4.98 Å². The number of hydrogen-bond acceptors (Lipinski definition) is 4. The molecule has 0 aliphatic heterocycles. The normalized spacial score (nSPS) is 10.7. The second-order valence-electron chi connectivity index (χ2n) is 3.67. The number of para-hydroxylation sites is 1. The van der Waals surface area contributed by atoms with Gasteiger partial charge in [-0.3, -0.25) is 4.98 Å². The Balaban J connectivity index is 1.99. The molecule has 2 aromatic heterocycles. The fourth-order valence-electron chi connectivity index (χ4n) is 1.65. The van der Waals surface area contributed by atoms with Gasteiger partial charge in [-0.05, 0) is 12.1 Å². The molecule has 4 nitrogen and oxygen atoms in total. The number of rotatable bonds is 3. The summed E-state index contributed by atoms with van der Waals surface area (Å²) in [7, 11) is 0. The summed E-state index contributed by atoms with van der Waals surface area (Å²) in [5.41, 5.74) is 1.41. The van der Waals surface area contributed by atoms with Crippen molar-refractivity contribution in [1.82, 2.24) is 9.97 Å². The summed E-state index contributed by atoms with van der Waals surface area (Å²) in [6, 6.07) is 9.53. The Hall–Kier alpha value is -2.07. The van der Waals surface area contributed by atoms with Gasteiger partial charge in [0.1, 0.15) is 11.8 Å². The Morgan fingerprint density at radius 2 is 2.11 bits per heavy atom. The van der Waals surface area contributed by atoms with Gasteiger partial charge in [-0.1, -0.05) is 18.2 Å². The van der Waals surface area contributed by atoms with Crippen molar-refractivity contribution in [1.29, 1.82) is 0 Å². The number of alkyl halides is 1. The molecule has 90 valence electrons. The summed E-state index contributed by atoms with van der Waals surface area (Å²) in [6.45, 7) is 0. The molecule has 0 bridgehead atoms. The number of halogens is 1. The number of aromatic nitrogens is 2. The zero-order chi connectivity index (χ0) is 12.4. The highest BCUT2D eigenvalue weighted by Crippen LogP contribution is 2.27. The first-order valence-corrected chi connectivity index (χ1v) is 5.92. The minimum Gasteiger partial charge on any atom is -0.417 e. The standard InChI is InChI=1S/C13H9ClN2O2/c14-7-10-8-17-13(16-10)18-11-5-1-3-9-4-2-6-15-12(9)11/h1-6,8H,7H2. The Kier molecular flexibility index (Phi) is 2.86. The van der Waals surface area contributed by atoms with Gasteiger partial charge in [0.2, 0.25) is 0 Å². The molecular weight excluding hydrogens is 252 g/mol. The van der Waals surface area contributed by atoms with E-state index in [0.29, 0.717) is 17.3 Å². The quantitative estimate of drug-likeness (QED) is 0.673. The molecule has 0 spiro atoms. The van der Waals surface area contributed by atoms with Crippen LogP contribution in [0.3, 0.4) is 0 Å². The molecule has 3 aromatic rings. The lowest BCUT2D eigenvalue weighted by Gasteiger charge is -2.03. The highest BCUT2D eigenvalue weighted by Gasteiger charge is 2.08. The summed E-state index contributed by atoms with van der Waals surface area (Å²) < 4.78 is 10.7. The van der Waals surface area contributed by atoms with Crippen molar-refractivity contribution in [2.75, 3.05) is 0 Å². The summed E-state index contributed by atoms with van der Waals surface area (Å²) in [5.74, 6) is 0.900. The number of fused-ring (bicyclic) bond motifs is 1. The molecule has 0 amide bonds. The molecule has 5 heteroatoms. The molecule has 0 atom stereocenters. The number of ether oxygens (including phenoxy) is 1. The minimum absolute atomic E-state index is 0.170. The van der Waals surface area contributed by atoms with Gasteiger partial charge < -0.3 is 9.15 Å². The van der Waals surface area contributed by atoms with Crippen LogP contribution in [-0.2, 0) is 5.88 Å². The molecule has 3 rings (SSSR count). The third kappa shape index (κ3) is 2.02. The van der Waals surface area contributed by atoms with Crippen LogP contribution >= 0.6 is 11.6 Å². The SMILES string of the molecule is ClCc1coc(Oc2cccc3cccnc23)n1. The molecule has 0 aliphatic carbocycles. The first kappa shape index (κ1) is 11.0. The van der Waals surface area contributed by atoms with Crippen molar-refractivity contribution in [3.63, 3.8) is 0 Å². The van der Waals surface area contributed by atoms with Crippen molar-refractivity contribution in [2.45, 2.75) is 5.88 Å². The largest absolute Gasteiger partial charge is 0.417 e. The van der Waals surface area contributed by atoms with Gasteiger partial charge >= 0.3 is 6.08 Å². The van der Waals surface area contributed by atoms with Gasteiger partial charge in [0.05, 0.1) is 11.6 Å². The first-order chi connectivity index (χ1) is 8.86. The molecule has 18 heavy (non-hydrogen) atoms. The zero-order valence-corrected chi connectivity index (χ0v) is 10.1. The van der Waals surface area contributed by atoms with E-state index in [2.05, 4.69) is 9.97 Å². The maximum Gasteiger partial charge on any atom is 0.399 e. The van der Waals surface area contributed by atoms with Crippen molar-refractivity contribution in [3.05, 3.63) is 48.5 Å². The van der Waals surface area contributed by atoms with Crippen LogP contribution in [0.2, 0.25) is 0 Å². The topological polar surface area (TPSA) is 48.2 Å². The van der Waals surface area contributed by atoms with Crippen LogP contribution in [0.4, 0.5) is 0 Å². The van der Waals surface area contributed by atoms with E-state index in [0.717, 1.165) is 10.9 Å². The molecule has 0 N–H and O–H groups in total. The van der Waals surface area contributed by atoms with Crippen LogP contribution in [-0.4, -0.2) is 9.97 Å². The predicted molar refractivity (Wildman–Crippen MR) is 67.9 cm³/mol. The maximum atomic E-state index is 5.65. The lowest BCUT2D eigenvalue weighted by molar-refractivity contribution is 0.333. The molecule has 1 aromatic carbocycles. The van der Waals surface area contributed by atoms with Gasteiger partial charge in [-0.15, -0.1) is 11.6 Å². The molecule has 0 fully saturated rings. The summed E-state index contributed by atoms with van der Waals surface area (Å²) in [4.78, 5) is 8.37. The fraction of sp³-hybridized carbons (Fsp3) is 0.0769. The van der Waals surface area contributed by atoms with E-state index < -0.39 is 0 Å². The molecule has 2 heterocycles. The van der Waals surface area contributed by atoms with E-state index in [1.54, 1.807) is 6.20 Å². The lowest BCUT2D eigenvalue weighted by atomic mass is 10.2. The smallest absolute Gasteiger partial charge is 0.399 e. The van der Waals surface area contributed by atoms with Gasteiger partial charge in [0, 0.05) is 11.6 Å². The Morgan fingerprint density at radius 1 is 1.22 bits per heavy atom. The van der Waals surface area contributed by atoms with Gasteiger partial charge in [0.25, 0.3) is 0 Å². The summed E-state index contributed by atoms with van der Waals surface area (Å²) in [6.07, 6.45) is 3.36. The number of nitrogens with zero attached hydrogens (tertiary/aromatic N) is 2. The predicted octanol–water partition coefficient (Wildman–Crippen LogP) is 3.75. The van der Waals surface area contributed by atoms with Crippen LogP contribution in [0, 0.1) is 0 Å². The number of oxazole rings is 1. The van der Waals surface area contributed by atoms with Crippen molar-refractivity contribution in [3.8, 4) is 11.8 Å². The Labute approximate surface area is 108 Å². The zero-order valence-electron chi connectivity index (χ0n) is 9.34. The fourth-order valence-corrected chi connectivity index (χ4v) is 1.77. The van der Waals surface area contributed by atoms with E-state index in [-0.39, 0.29) is 6.08 Å². The molecule has 0 saturated heterocycles. The van der Waals surface area contributed by atoms with E-state index in [1.165, 1.54) is 6.26 Å². The van der Waals surface area contributed by atoms with E-state index in [9.17, 15) is 0 Å². The van der Waals surface area contributed by atoms with Gasteiger partial charge in [-0.25, -0.2) is 0 Å². The van der Waals surface area contributed by atoms with Crippen molar-refractivity contribution >= 4 is 22.5 Å². The van der Waals surface area contributed by atoms with Crippen molar-refractivity contribution in [2.24, 2.45) is 0 Å². The second-order valence-corrected chi connectivity index (χ2v) is 3.94. The second kappa shape index (κ2) is 4.66. The Morgan fingerprint density at radius 3 is 2.94 bits per heavy atom. The number of pyridine rings is 1. The molecule has 0 saturated carbocycles. The molecule has 0 unspecified atom stereocenters.